The summed E-state index contributed by atoms with van der Waals surface area (Å²) in [6, 6.07) is 7.97. The van der Waals surface area contributed by atoms with E-state index in [0.29, 0.717) is 13.2 Å². The van der Waals surface area contributed by atoms with Gasteiger partial charge in [0.1, 0.15) is 5.75 Å². The van der Waals surface area contributed by atoms with Crippen LogP contribution in [0.15, 0.2) is 29.4 Å². The summed E-state index contributed by atoms with van der Waals surface area (Å²) in [5.41, 5.74) is 9.28. The molecule has 0 saturated heterocycles. The van der Waals surface area contributed by atoms with E-state index in [1.807, 2.05) is 31.2 Å². The quantitative estimate of drug-likeness (QED) is 0.303. The smallest absolute Gasteiger partial charge is 0.119 e. The maximum absolute atomic E-state index is 8.05. The molecule has 4 nitrogen and oxygen atoms in total. The minimum absolute atomic E-state index is 0.549. The molecule has 0 aliphatic rings. The molecule has 0 atom stereocenters. The molecule has 0 fully saturated rings. The van der Waals surface area contributed by atoms with E-state index >= 15 is 0 Å². The van der Waals surface area contributed by atoms with Crippen molar-refractivity contribution in [3.63, 3.8) is 0 Å². The van der Waals surface area contributed by atoms with Crippen LogP contribution in [0.25, 0.3) is 10.4 Å². The first-order valence-corrected chi connectivity index (χ1v) is 5.03. The monoisotopic (exact) mass is 205 g/mol. The second-order valence-electron chi connectivity index (χ2n) is 3.32. The zero-order valence-corrected chi connectivity index (χ0v) is 8.89. The summed E-state index contributed by atoms with van der Waals surface area (Å²) in [4.78, 5) is 2.69. The van der Waals surface area contributed by atoms with Gasteiger partial charge in [-0.2, -0.15) is 0 Å². The number of ether oxygens (including phenoxy) is 1. The van der Waals surface area contributed by atoms with Crippen molar-refractivity contribution in [2.24, 2.45) is 5.11 Å². The summed E-state index contributed by atoms with van der Waals surface area (Å²) >= 11 is 0. The van der Waals surface area contributed by atoms with Crippen LogP contribution in [-0.2, 0) is 0 Å². The SMILES string of the molecule is Cc1ccc(OCCCCN=[N+]=[N-])cc1. The van der Waals surface area contributed by atoms with Crippen LogP contribution in [-0.4, -0.2) is 13.2 Å². The van der Waals surface area contributed by atoms with Crippen LogP contribution in [0.2, 0.25) is 0 Å². The Bertz CT molecular complexity index is 328. The fraction of sp³-hybridized carbons (Fsp3) is 0.455. The Kier molecular flexibility index (Phi) is 5.12. The molecule has 4 heteroatoms. The molecule has 0 spiro atoms. The maximum atomic E-state index is 8.05. The van der Waals surface area contributed by atoms with E-state index in [0.717, 1.165) is 18.6 Å². The number of rotatable bonds is 6. The Balaban J connectivity index is 2.15. The highest BCUT2D eigenvalue weighted by Crippen LogP contribution is 2.11. The largest absolute Gasteiger partial charge is 0.494 e. The van der Waals surface area contributed by atoms with Crippen LogP contribution in [0.1, 0.15) is 18.4 Å². The molecular formula is C11H15N3O. The van der Waals surface area contributed by atoms with E-state index in [2.05, 4.69) is 10.0 Å². The zero-order chi connectivity index (χ0) is 10.9. The van der Waals surface area contributed by atoms with Crippen molar-refractivity contribution >= 4 is 0 Å². The standard InChI is InChI=1S/C11H15N3O/c1-10-4-6-11(7-5-10)15-9-3-2-8-13-14-12/h4-7H,2-3,8-9H2,1H3. The molecule has 0 N–H and O–H groups in total. The predicted molar refractivity (Wildman–Crippen MR) is 59.9 cm³/mol. The van der Waals surface area contributed by atoms with Gasteiger partial charge in [-0.1, -0.05) is 22.8 Å². The molecule has 1 aromatic rings. The van der Waals surface area contributed by atoms with Crippen molar-refractivity contribution in [2.75, 3.05) is 13.2 Å². The van der Waals surface area contributed by atoms with Gasteiger partial charge in [0.2, 0.25) is 0 Å². The van der Waals surface area contributed by atoms with Crippen molar-refractivity contribution in [3.8, 4) is 5.75 Å². The minimum Gasteiger partial charge on any atom is -0.494 e. The number of hydrogen-bond donors (Lipinski definition) is 0. The third-order valence-electron chi connectivity index (χ3n) is 2.01. The van der Waals surface area contributed by atoms with Gasteiger partial charge in [-0.05, 0) is 37.4 Å². The third-order valence-corrected chi connectivity index (χ3v) is 2.01. The maximum Gasteiger partial charge on any atom is 0.119 e. The van der Waals surface area contributed by atoms with Gasteiger partial charge in [0.25, 0.3) is 0 Å². The number of azide groups is 1. The van der Waals surface area contributed by atoms with Crippen LogP contribution in [0.5, 0.6) is 5.75 Å². The van der Waals surface area contributed by atoms with Gasteiger partial charge in [-0.3, -0.25) is 0 Å². The average Bonchev–Trinajstić information content (AvgIpc) is 2.26. The van der Waals surface area contributed by atoms with Crippen molar-refractivity contribution in [3.05, 3.63) is 40.3 Å². The molecule has 0 amide bonds. The second kappa shape index (κ2) is 6.74. The highest BCUT2D eigenvalue weighted by molar-refractivity contribution is 5.26. The second-order valence-corrected chi connectivity index (χ2v) is 3.32. The van der Waals surface area contributed by atoms with E-state index in [1.165, 1.54) is 5.56 Å². The summed E-state index contributed by atoms with van der Waals surface area (Å²) in [5, 5.41) is 3.45. The van der Waals surface area contributed by atoms with Crippen LogP contribution in [0.4, 0.5) is 0 Å². The van der Waals surface area contributed by atoms with Crippen molar-refractivity contribution in [2.45, 2.75) is 19.8 Å². The highest BCUT2D eigenvalue weighted by Gasteiger charge is 1.92. The van der Waals surface area contributed by atoms with E-state index < -0.39 is 0 Å². The number of aryl methyl sites for hydroxylation is 1. The average molecular weight is 205 g/mol. The van der Waals surface area contributed by atoms with Gasteiger partial charge in [0.15, 0.2) is 0 Å². The summed E-state index contributed by atoms with van der Waals surface area (Å²) in [6.07, 6.45) is 1.78. The van der Waals surface area contributed by atoms with Gasteiger partial charge in [0, 0.05) is 11.5 Å². The lowest BCUT2D eigenvalue weighted by Gasteiger charge is -2.05. The molecule has 1 aromatic carbocycles. The van der Waals surface area contributed by atoms with E-state index in [1.54, 1.807) is 0 Å². The Morgan fingerprint density at radius 3 is 2.67 bits per heavy atom. The van der Waals surface area contributed by atoms with Crippen LogP contribution >= 0.6 is 0 Å². The van der Waals surface area contributed by atoms with Crippen molar-refractivity contribution in [1.29, 1.82) is 0 Å². The molecule has 0 aliphatic carbocycles. The van der Waals surface area contributed by atoms with Gasteiger partial charge in [-0.15, -0.1) is 0 Å². The van der Waals surface area contributed by atoms with Crippen molar-refractivity contribution in [1.82, 2.24) is 0 Å². The van der Waals surface area contributed by atoms with Crippen molar-refractivity contribution < 1.29 is 4.74 Å². The van der Waals surface area contributed by atoms with Gasteiger partial charge in [-0.25, -0.2) is 0 Å². The van der Waals surface area contributed by atoms with Crippen LogP contribution < -0.4 is 4.74 Å². The molecule has 80 valence electrons. The molecule has 0 bridgehead atoms. The first-order chi connectivity index (χ1) is 7.33. The molecule has 0 aromatic heterocycles. The molecule has 0 heterocycles. The lowest BCUT2D eigenvalue weighted by Crippen LogP contribution is -1.97. The first kappa shape index (κ1) is 11.4. The Morgan fingerprint density at radius 1 is 1.27 bits per heavy atom. The molecule has 0 radical (unpaired) electrons. The zero-order valence-electron chi connectivity index (χ0n) is 8.89. The van der Waals surface area contributed by atoms with Crippen LogP contribution in [0.3, 0.4) is 0 Å². The molecule has 0 unspecified atom stereocenters. The lowest BCUT2D eigenvalue weighted by molar-refractivity contribution is 0.308. The normalized spacial score (nSPS) is 9.40. The fourth-order valence-electron chi connectivity index (χ4n) is 1.15. The fourth-order valence-corrected chi connectivity index (χ4v) is 1.15. The summed E-state index contributed by atoms with van der Waals surface area (Å²) in [5.74, 6) is 0.893. The van der Waals surface area contributed by atoms with Gasteiger partial charge >= 0.3 is 0 Å². The number of unbranched alkanes of at least 4 members (excludes halogenated alkanes) is 1. The Labute approximate surface area is 89.5 Å². The first-order valence-electron chi connectivity index (χ1n) is 5.03. The van der Waals surface area contributed by atoms with Gasteiger partial charge < -0.3 is 4.74 Å². The molecule has 0 saturated carbocycles. The number of hydrogen-bond acceptors (Lipinski definition) is 2. The van der Waals surface area contributed by atoms with E-state index in [4.69, 9.17) is 10.3 Å². The Hall–Kier alpha value is -1.67. The molecular weight excluding hydrogens is 190 g/mol. The topological polar surface area (TPSA) is 58.0 Å². The Morgan fingerprint density at radius 2 is 2.00 bits per heavy atom. The van der Waals surface area contributed by atoms with Gasteiger partial charge in [0.05, 0.1) is 6.61 Å². The van der Waals surface area contributed by atoms with E-state index in [-0.39, 0.29) is 0 Å². The summed E-state index contributed by atoms with van der Waals surface area (Å²) in [6.45, 7) is 3.27. The summed E-state index contributed by atoms with van der Waals surface area (Å²) < 4.78 is 5.51. The molecule has 15 heavy (non-hydrogen) atoms. The van der Waals surface area contributed by atoms with Crippen LogP contribution in [0, 0.1) is 6.92 Å². The summed E-state index contributed by atoms with van der Waals surface area (Å²) in [7, 11) is 0. The number of nitrogens with zero attached hydrogens (tertiary/aromatic N) is 3. The predicted octanol–water partition coefficient (Wildman–Crippen LogP) is 3.46. The minimum atomic E-state index is 0.549. The molecule has 1 rings (SSSR count). The highest BCUT2D eigenvalue weighted by atomic mass is 16.5. The molecule has 0 aliphatic heterocycles. The third kappa shape index (κ3) is 4.93. The van der Waals surface area contributed by atoms with E-state index in [9.17, 15) is 0 Å². The number of benzene rings is 1. The lowest BCUT2D eigenvalue weighted by atomic mass is 10.2.